The van der Waals surface area contributed by atoms with E-state index in [0.29, 0.717) is 6.61 Å². The van der Waals surface area contributed by atoms with Crippen LogP contribution in [0.1, 0.15) is 99.9 Å². The average molecular weight is 2230 g/mol. The third kappa shape index (κ3) is 31.5. The number of thioether (sulfide) groups is 5. The maximum Gasteiger partial charge on any atom is 0.132 e. The summed E-state index contributed by atoms with van der Waals surface area (Å²) in [6, 6.07) is 90.8. The van der Waals surface area contributed by atoms with Gasteiger partial charge in [0.1, 0.15) is 76.1 Å². The van der Waals surface area contributed by atoms with Gasteiger partial charge in [-0.3, -0.25) is 30.0 Å². The summed E-state index contributed by atoms with van der Waals surface area (Å²) in [7, 11) is 8.48. The zero-order valence-corrected chi connectivity index (χ0v) is 88.6. The largest absolute Gasteiger partial charge is 0.497 e. The highest BCUT2D eigenvalue weighted by Crippen LogP contribution is 2.39. The van der Waals surface area contributed by atoms with Crippen molar-refractivity contribution in [2.45, 2.75) is 93.0 Å². The molecule has 0 fully saturated rings. The standard InChI is InChI=1S/C20H23BrN2OS.C19H22N2O2S.C18H19BrN2O2.C17H17BrN2OS.C17H17ClN2S.C16H15IN2S/c1-20(2)12-22-19(23-13-20)16-6-4-5-7-18(16)25-11-14-10-15(21)8-9-17(14)24-3;1-22-15-8-9-17(23-2)14(12-15)13-24-18-7-4-3-6-16(18)19-20-10-5-11-21-19;1-22-16-8-7-14(19)11-13(16)12-23-17-6-3-2-5-15(17)18-20-9-4-10-21-18;1-21-15-7-6-13(18)10-12(15)11-22-16-5-3-2-4-14(16)17-19-8-9-20-17;18-14-6-3-5-13(11-14)12-21-16-8-2-1-7-15(16)17-19-9-4-10-20-17;17-14-7-3-1-5-12(14)11-20-15-8-4-2-6-13(15)16-18-9-10-19-16/h4-10H,11-13H2,1-3H3,(H,22,23);3-4,6-9,12H,5,10-11,13H2,1-2H3,(H,20,21);2-3,5-8,11H,4,9-10,12H2,1H3,(H,20,21);2-7,10H,8-9,11H2,1H3,(H,19,20);1-3,5-8,11H,4,9-10,12H2,(H,19,20);1-8H,9-11H2,(H,18,19). The first kappa shape index (κ1) is 103. The number of halogens is 5. The lowest BCUT2D eigenvalue weighted by Crippen LogP contribution is -2.41. The van der Waals surface area contributed by atoms with Gasteiger partial charge in [0, 0.05) is 196 Å². The molecule has 702 valence electrons. The van der Waals surface area contributed by atoms with Gasteiger partial charge in [0.05, 0.1) is 54.2 Å². The molecule has 0 aliphatic carbocycles. The number of ether oxygens (including phenoxy) is 6. The molecule has 0 atom stereocenters. The number of nitrogens with one attached hydrogen (secondary N) is 6. The fourth-order valence-electron chi connectivity index (χ4n) is 14.7. The van der Waals surface area contributed by atoms with E-state index in [4.69, 9.17) is 45.0 Å². The van der Waals surface area contributed by atoms with E-state index in [1.54, 1.807) is 59.1 Å². The fraction of sp³-hybridized carbons (Fsp3) is 0.271. The molecular formula is C107H113Br3ClIN12O6S5. The fourth-order valence-corrected chi connectivity index (χ4v) is 22.1. The molecule has 6 aliphatic rings. The lowest BCUT2D eigenvalue weighted by molar-refractivity contribution is 0.296. The van der Waals surface area contributed by atoms with Crippen LogP contribution in [0, 0.1) is 8.99 Å². The van der Waals surface area contributed by atoms with Crippen LogP contribution in [0.2, 0.25) is 5.02 Å². The van der Waals surface area contributed by atoms with Gasteiger partial charge < -0.3 is 60.3 Å². The molecule has 12 aromatic rings. The molecule has 6 N–H and O–H groups in total. The molecule has 0 unspecified atom stereocenters. The molecular weight excluding hydrogens is 2110 g/mol. The van der Waals surface area contributed by atoms with Crippen molar-refractivity contribution in [3.8, 4) is 34.5 Å². The molecule has 6 aliphatic heterocycles. The number of para-hydroxylation sites is 1. The molecule has 12 aromatic carbocycles. The van der Waals surface area contributed by atoms with Crippen LogP contribution >= 0.6 is 141 Å². The van der Waals surface area contributed by atoms with Crippen molar-refractivity contribution in [1.82, 2.24) is 31.9 Å². The summed E-state index contributed by atoms with van der Waals surface area (Å²) < 4.78 is 37.7. The van der Waals surface area contributed by atoms with E-state index in [2.05, 4.69) is 305 Å². The van der Waals surface area contributed by atoms with Gasteiger partial charge in [0.15, 0.2) is 0 Å². The Bertz CT molecular complexity index is 6130. The zero-order chi connectivity index (χ0) is 94.4. The Morgan fingerprint density at radius 3 is 1.07 bits per heavy atom. The summed E-state index contributed by atoms with van der Waals surface area (Å²) >= 11 is 28.1. The van der Waals surface area contributed by atoms with Gasteiger partial charge in [0.2, 0.25) is 0 Å². The summed E-state index contributed by atoms with van der Waals surface area (Å²) in [5.74, 6) is 15.6. The highest BCUT2D eigenvalue weighted by Gasteiger charge is 2.26. The highest BCUT2D eigenvalue weighted by molar-refractivity contribution is 14.1. The summed E-state index contributed by atoms with van der Waals surface area (Å²) in [5, 5.41) is 21.1. The zero-order valence-electron chi connectivity index (χ0n) is 76.8. The molecule has 18 rings (SSSR count). The molecule has 135 heavy (non-hydrogen) atoms. The quantitative estimate of drug-likeness (QED) is 0.0191. The van der Waals surface area contributed by atoms with E-state index in [1.807, 2.05) is 138 Å². The van der Waals surface area contributed by atoms with Gasteiger partial charge in [0.25, 0.3) is 0 Å². The van der Waals surface area contributed by atoms with E-state index in [1.165, 1.54) is 78.1 Å². The van der Waals surface area contributed by atoms with Crippen LogP contribution in [0.25, 0.3) is 0 Å². The van der Waals surface area contributed by atoms with Crippen molar-refractivity contribution in [3.05, 3.63) is 356 Å². The Morgan fingerprint density at radius 2 is 0.681 bits per heavy atom. The lowest BCUT2D eigenvalue weighted by atomic mass is 9.92. The molecule has 0 aromatic heterocycles. The van der Waals surface area contributed by atoms with Gasteiger partial charge in [-0.15, -0.1) is 58.8 Å². The number of amidine groups is 6. The van der Waals surface area contributed by atoms with Crippen molar-refractivity contribution in [2.24, 2.45) is 35.4 Å². The number of methoxy groups -OCH3 is 5. The first-order valence-corrected chi connectivity index (χ1v) is 53.5. The maximum atomic E-state index is 6.05. The molecule has 0 saturated carbocycles. The number of nitrogens with zero attached hydrogens (tertiary/aromatic N) is 6. The molecule has 6 heterocycles. The Labute approximate surface area is 860 Å². The summed E-state index contributed by atoms with van der Waals surface area (Å²) in [6.07, 6.45) is 3.28. The smallest absolute Gasteiger partial charge is 0.132 e. The predicted octanol–water partition coefficient (Wildman–Crippen LogP) is 25.0. The van der Waals surface area contributed by atoms with Crippen LogP contribution in [0.15, 0.2) is 335 Å². The minimum Gasteiger partial charge on any atom is -0.497 e. The second kappa shape index (κ2) is 54.6. The van der Waals surface area contributed by atoms with Crippen molar-refractivity contribution in [2.75, 3.05) is 114 Å². The lowest BCUT2D eigenvalue weighted by Gasteiger charge is -2.29. The van der Waals surface area contributed by atoms with Crippen molar-refractivity contribution in [3.63, 3.8) is 0 Å². The summed E-state index contributed by atoms with van der Waals surface area (Å²) in [4.78, 5) is 33.8. The van der Waals surface area contributed by atoms with E-state index in [9.17, 15) is 0 Å². The molecule has 0 radical (unpaired) electrons. The number of hydrogen-bond donors (Lipinski definition) is 6. The third-order valence-electron chi connectivity index (χ3n) is 21.7. The molecule has 0 bridgehead atoms. The Hall–Kier alpha value is -9.53. The van der Waals surface area contributed by atoms with Gasteiger partial charge in [-0.25, -0.2) is 0 Å². The second-order valence-electron chi connectivity index (χ2n) is 32.0. The predicted molar refractivity (Wildman–Crippen MR) is 587 cm³/mol. The molecule has 0 spiro atoms. The number of aliphatic imine (C=N–C) groups is 6. The molecule has 0 saturated heterocycles. The van der Waals surface area contributed by atoms with Crippen molar-refractivity contribution >= 4 is 176 Å². The van der Waals surface area contributed by atoms with Gasteiger partial charge in [-0.2, -0.15) is 0 Å². The third-order valence-corrected chi connectivity index (χ3v) is 30.1. The molecule has 0 amide bonds. The summed E-state index contributed by atoms with van der Waals surface area (Å²) in [5.41, 5.74) is 14.3. The van der Waals surface area contributed by atoms with Crippen LogP contribution in [-0.4, -0.2) is 149 Å². The Kier molecular flexibility index (Phi) is 41.6. The van der Waals surface area contributed by atoms with Gasteiger partial charge >= 0.3 is 0 Å². The maximum absolute atomic E-state index is 6.05. The summed E-state index contributed by atoms with van der Waals surface area (Å²) in [6.45, 7) is 15.9. The van der Waals surface area contributed by atoms with Crippen molar-refractivity contribution < 1.29 is 28.4 Å². The van der Waals surface area contributed by atoms with Crippen LogP contribution in [0.5, 0.6) is 34.5 Å². The van der Waals surface area contributed by atoms with Crippen LogP contribution in [0.4, 0.5) is 0 Å². The second-order valence-corrected chi connectivity index (χ2v) is 41.4. The van der Waals surface area contributed by atoms with Crippen LogP contribution in [0.3, 0.4) is 0 Å². The van der Waals surface area contributed by atoms with Crippen LogP contribution in [-0.2, 0) is 35.4 Å². The first-order chi connectivity index (χ1) is 66.0. The minimum absolute atomic E-state index is 0.218. The van der Waals surface area contributed by atoms with Gasteiger partial charge in [-0.05, 0) is 186 Å². The normalized spacial score (nSPS) is 14.3. The topological polar surface area (TPSA) is 202 Å². The molecule has 28 heteroatoms. The van der Waals surface area contributed by atoms with E-state index < -0.39 is 0 Å². The van der Waals surface area contributed by atoms with Crippen LogP contribution < -0.4 is 60.3 Å². The molecule has 18 nitrogen and oxygen atoms in total. The van der Waals surface area contributed by atoms with E-state index >= 15 is 0 Å². The number of benzene rings is 12. The Balaban J connectivity index is 0.000000137. The first-order valence-electron chi connectivity index (χ1n) is 44.7. The highest BCUT2D eigenvalue weighted by atomic mass is 127. The monoisotopic (exact) mass is 2220 g/mol. The minimum atomic E-state index is 0.218. The average Bonchev–Trinajstić information content (AvgIpc) is 1.01. The van der Waals surface area contributed by atoms with Crippen molar-refractivity contribution in [1.29, 1.82) is 0 Å². The SMILES string of the molecule is COc1ccc(Br)cc1COc1ccccc1C1=NCCCN1.COc1ccc(Br)cc1CSc1ccccc1C1=NCC(C)(C)CN1.COc1ccc(Br)cc1CSc1ccccc1C1=NCCN1.COc1ccc(OC)c(CSc2ccccc2C2=NCCCN2)c1.Clc1cccc(CSc2ccccc2C2=NCCCN2)c1.Ic1ccccc1CSc1ccccc1C1=NCCN1. The number of rotatable bonds is 29. The van der Waals surface area contributed by atoms with E-state index in [-0.39, 0.29) is 5.41 Å². The van der Waals surface area contributed by atoms with E-state index in [0.717, 1.165) is 231 Å². The Morgan fingerprint density at radius 1 is 0.326 bits per heavy atom. The van der Waals surface area contributed by atoms with Gasteiger partial charge in [-0.1, -0.05) is 207 Å². The number of hydrogen-bond acceptors (Lipinski definition) is 23.